The van der Waals surface area contributed by atoms with Gasteiger partial charge in [-0.3, -0.25) is 28.5 Å². The van der Waals surface area contributed by atoms with E-state index in [-0.39, 0.29) is 30.0 Å². The number of aliphatic hydroxyl groups excluding tert-OH is 1. The molecule has 0 saturated carbocycles. The summed E-state index contributed by atoms with van der Waals surface area (Å²) in [5, 5.41) is 12.2. The molecule has 1 atom stereocenters. The van der Waals surface area contributed by atoms with E-state index in [9.17, 15) is 19.5 Å². The molecule has 4 heterocycles. The van der Waals surface area contributed by atoms with Crippen LogP contribution in [0.1, 0.15) is 34.6 Å². The van der Waals surface area contributed by atoms with Crippen molar-refractivity contribution in [2.45, 2.75) is 32.9 Å². The lowest BCUT2D eigenvalue weighted by Crippen LogP contribution is -2.39. The summed E-state index contributed by atoms with van der Waals surface area (Å²) in [5.74, 6) is -0.340. The number of thiophene rings is 1. The van der Waals surface area contributed by atoms with Crippen LogP contribution in [0.2, 0.25) is 0 Å². The first-order chi connectivity index (χ1) is 16.8. The summed E-state index contributed by atoms with van der Waals surface area (Å²) >= 11 is 1.28. The SMILES string of the molecule is CC(C)Cn1c(=O)n(C)c(=O)c2c(C(=O)N3CC(O)CO3)c(Cc3ccnc4ccccc34)sc21. The van der Waals surface area contributed by atoms with Gasteiger partial charge in [0.05, 0.1) is 23.0 Å². The van der Waals surface area contributed by atoms with Crippen LogP contribution >= 0.6 is 11.3 Å². The smallest absolute Gasteiger partial charge is 0.331 e. The minimum Gasteiger partial charge on any atom is -0.389 e. The highest BCUT2D eigenvalue weighted by Crippen LogP contribution is 2.33. The molecule has 10 heteroatoms. The summed E-state index contributed by atoms with van der Waals surface area (Å²) in [7, 11) is 1.43. The highest BCUT2D eigenvalue weighted by atomic mass is 32.1. The van der Waals surface area contributed by atoms with E-state index in [1.807, 2.05) is 44.2 Å². The summed E-state index contributed by atoms with van der Waals surface area (Å²) in [4.78, 5) is 51.0. The highest BCUT2D eigenvalue weighted by molar-refractivity contribution is 7.19. The summed E-state index contributed by atoms with van der Waals surface area (Å²) in [6.07, 6.45) is 1.30. The zero-order valence-corrected chi connectivity index (χ0v) is 20.5. The molecule has 1 N–H and O–H groups in total. The second-order valence-electron chi connectivity index (χ2n) is 9.21. The molecule has 1 aromatic carbocycles. The van der Waals surface area contributed by atoms with Gasteiger partial charge in [-0.1, -0.05) is 32.0 Å². The number of nitrogens with zero attached hydrogens (tertiary/aromatic N) is 4. The largest absolute Gasteiger partial charge is 0.389 e. The van der Waals surface area contributed by atoms with E-state index < -0.39 is 23.3 Å². The maximum Gasteiger partial charge on any atom is 0.331 e. The maximum atomic E-state index is 13.7. The number of carbonyl (C=O) groups excluding carboxylic acids is 1. The van der Waals surface area contributed by atoms with Gasteiger partial charge in [-0.15, -0.1) is 11.3 Å². The number of hydrogen-bond acceptors (Lipinski definition) is 7. The zero-order chi connectivity index (χ0) is 24.9. The number of aromatic nitrogens is 3. The first-order valence-electron chi connectivity index (χ1n) is 11.5. The number of amides is 1. The summed E-state index contributed by atoms with van der Waals surface area (Å²) < 4.78 is 2.64. The van der Waals surface area contributed by atoms with Gasteiger partial charge in [-0.05, 0) is 23.6 Å². The molecule has 1 aliphatic rings. The Morgan fingerprint density at radius 1 is 1.26 bits per heavy atom. The third kappa shape index (κ3) is 4.07. The lowest BCUT2D eigenvalue weighted by Gasteiger charge is -2.15. The molecule has 0 aliphatic carbocycles. The monoisotopic (exact) mass is 494 g/mol. The number of carbonyl (C=O) groups is 1. The maximum absolute atomic E-state index is 13.7. The number of hydrogen-bond donors (Lipinski definition) is 1. The van der Waals surface area contributed by atoms with Gasteiger partial charge in [0.2, 0.25) is 0 Å². The summed E-state index contributed by atoms with van der Waals surface area (Å²) in [6, 6.07) is 9.64. The second kappa shape index (κ2) is 9.03. The Balaban J connectivity index is 1.77. The van der Waals surface area contributed by atoms with E-state index in [1.165, 1.54) is 18.4 Å². The fourth-order valence-electron chi connectivity index (χ4n) is 4.47. The van der Waals surface area contributed by atoms with E-state index in [0.29, 0.717) is 22.7 Å². The number of para-hydroxylation sites is 1. The topological polar surface area (TPSA) is 107 Å². The van der Waals surface area contributed by atoms with Crippen LogP contribution in [-0.2, 0) is 24.9 Å². The van der Waals surface area contributed by atoms with Crippen molar-refractivity contribution < 1.29 is 14.7 Å². The van der Waals surface area contributed by atoms with E-state index in [1.54, 1.807) is 10.8 Å². The Morgan fingerprint density at radius 2 is 2.03 bits per heavy atom. The van der Waals surface area contributed by atoms with Gasteiger partial charge in [0.25, 0.3) is 11.5 Å². The van der Waals surface area contributed by atoms with Crippen LogP contribution in [0.25, 0.3) is 21.1 Å². The molecule has 35 heavy (non-hydrogen) atoms. The molecule has 0 radical (unpaired) electrons. The van der Waals surface area contributed by atoms with Crippen molar-refractivity contribution in [2.75, 3.05) is 13.2 Å². The van der Waals surface area contributed by atoms with Crippen molar-refractivity contribution in [2.24, 2.45) is 13.0 Å². The van der Waals surface area contributed by atoms with E-state index >= 15 is 0 Å². The number of fused-ring (bicyclic) bond motifs is 2. The average molecular weight is 495 g/mol. The van der Waals surface area contributed by atoms with Crippen LogP contribution in [0.3, 0.4) is 0 Å². The molecule has 182 valence electrons. The Morgan fingerprint density at radius 3 is 2.74 bits per heavy atom. The van der Waals surface area contributed by atoms with Gasteiger partial charge in [0.15, 0.2) is 0 Å². The van der Waals surface area contributed by atoms with Crippen LogP contribution in [0.4, 0.5) is 0 Å². The standard InChI is InChI=1S/C25H26N4O5S/c1-14(2)11-28-24-21(22(31)27(3)25(28)33)20(23(32)29-12-16(30)13-34-29)19(35-24)10-15-8-9-26-18-7-5-4-6-17(15)18/h4-9,14,16,30H,10-13H2,1-3H3. The van der Waals surface area contributed by atoms with Gasteiger partial charge >= 0.3 is 5.69 Å². The Bertz CT molecular complexity index is 1560. The van der Waals surface area contributed by atoms with E-state index in [4.69, 9.17) is 4.84 Å². The van der Waals surface area contributed by atoms with Crippen LogP contribution in [0.15, 0.2) is 46.1 Å². The van der Waals surface area contributed by atoms with Gasteiger partial charge in [-0.2, -0.15) is 0 Å². The summed E-state index contributed by atoms with van der Waals surface area (Å²) in [5.41, 5.74) is 1.07. The summed E-state index contributed by atoms with van der Waals surface area (Å²) in [6.45, 7) is 4.42. The molecule has 1 unspecified atom stereocenters. The van der Waals surface area contributed by atoms with E-state index in [0.717, 1.165) is 26.1 Å². The van der Waals surface area contributed by atoms with Crippen molar-refractivity contribution >= 4 is 38.4 Å². The molecule has 0 bridgehead atoms. The number of hydroxylamine groups is 2. The number of aliphatic hydroxyl groups is 1. The number of pyridine rings is 1. The quantitative estimate of drug-likeness (QED) is 0.456. The molecular formula is C25H26N4O5S. The number of β-amino-alcohol motifs (C(OH)–C–C–N with tert-alkyl or cyclic N) is 1. The van der Waals surface area contributed by atoms with Crippen molar-refractivity contribution in [3.05, 3.63) is 73.4 Å². The molecule has 1 aliphatic heterocycles. The van der Waals surface area contributed by atoms with Gasteiger partial charge in [-0.25, -0.2) is 9.86 Å². The first-order valence-corrected chi connectivity index (χ1v) is 12.3. The molecule has 3 aromatic heterocycles. The molecule has 1 fully saturated rings. The van der Waals surface area contributed by atoms with Crippen LogP contribution in [-0.4, -0.2) is 49.5 Å². The van der Waals surface area contributed by atoms with Crippen LogP contribution in [0.5, 0.6) is 0 Å². The molecule has 0 spiro atoms. The predicted octanol–water partition coefficient (Wildman–Crippen LogP) is 2.31. The van der Waals surface area contributed by atoms with Gasteiger partial charge < -0.3 is 5.11 Å². The Kier molecular flexibility index (Phi) is 6.04. The molecule has 9 nitrogen and oxygen atoms in total. The third-order valence-electron chi connectivity index (χ3n) is 6.12. The number of benzene rings is 1. The molecule has 1 saturated heterocycles. The number of rotatable bonds is 5. The Labute approximate surface area is 204 Å². The zero-order valence-electron chi connectivity index (χ0n) is 19.7. The normalized spacial score (nSPS) is 16.1. The van der Waals surface area contributed by atoms with Gasteiger partial charge in [0, 0.05) is 36.5 Å². The molecule has 4 aromatic rings. The molecule has 5 rings (SSSR count). The fraction of sp³-hybridized carbons (Fsp3) is 0.360. The minimum atomic E-state index is -0.793. The van der Waals surface area contributed by atoms with Gasteiger partial charge in [0.1, 0.15) is 17.5 Å². The predicted molar refractivity (Wildman–Crippen MR) is 134 cm³/mol. The molecule has 1 amide bonds. The lowest BCUT2D eigenvalue weighted by atomic mass is 10.0. The van der Waals surface area contributed by atoms with Crippen LogP contribution < -0.4 is 11.2 Å². The van der Waals surface area contributed by atoms with E-state index in [2.05, 4.69) is 4.98 Å². The lowest BCUT2D eigenvalue weighted by molar-refractivity contribution is -0.0778. The first kappa shape index (κ1) is 23.4. The minimum absolute atomic E-state index is 0.00814. The third-order valence-corrected chi connectivity index (χ3v) is 7.33. The van der Waals surface area contributed by atoms with Crippen molar-refractivity contribution in [1.82, 2.24) is 19.2 Å². The molecular weight excluding hydrogens is 468 g/mol. The Hall–Kier alpha value is -3.34. The fourth-order valence-corrected chi connectivity index (χ4v) is 5.78. The highest BCUT2D eigenvalue weighted by Gasteiger charge is 2.33. The van der Waals surface area contributed by atoms with Crippen molar-refractivity contribution in [3.63, 3.8) is 0 Å². The second-order valence-corrected chi connectivity index (χ2v) is 10.3. The van der Waals surface area contributed by atoms with Crippen molar-refractivity contribution in [3.8, 4) is 0 Å². The average Bonchev–Trinajstić information content (AvgIpc) is 3.44. The van der Waals surface area contributed by atoms with Crippen molar-refractivity contribution in [1.29, 1.82) is 0 Å². The van der Waals surface area contributed by atoms with Crippen LogP contribution in [0, 0.1) is 5.92 Å².